The highest BCUT2D eigenvalue weighted by Gasteiger charge is 2.29. The van der Waals surface area contributed by atoms with Crippen molar-refractivity contribution in [1.82, 2.24) is 15.1 Å². The average molecular weight is 389 g/mol. The molecular weight excluding hydrogens is 356 g/mol. The number of morpholine rings is 1. The quantitative estimate of drug-likeness (QED) is 0.813. The molecule has 2 fully saturated rings. The summed E-state index contributed by atoms with van der Waals surface area (Å²) >= 11 is 0. The van der Waals surface area contributed by atoms with Crippen LogP contribution in [0.5, 0.6) is 0 Å². The van der Waals surface area contributed by atoms with Crippen LogP contribution in [0, 0.1) is 6.92 Å². The molecule has 1 atom stereocenters. The molecular formula is C21H32N4O3. The lowest BCUT2D eigenvalue weighted by Gasteiger charge is -2.39. The van der Waals surface area contributed by atoms with Gasteiger partial charge in [0.25, 0.3) is 5.91 Å². The van der Waals surface area contributed by atoms with Crippen LogP contribution >= 0.6 is 0 Å². The standard InChI is InChI=1S/C21H32N4O3/c1-3-22-20(26)17-7-8-19(16(2)14-17)23-21(27)25-9-5-4-6-18(25)15-24-10-12-28-13-11-24/h7-8,14,18H,3-6,9-13,15H2,1-2H3,(H,22,26)(H,23,27). The highest BCUT2D eigenvalue weighted by Crippen LogP contribution is 2.22. The van der Waals surface area contributed by atoms with Crippen LogP contribution in [-0.2, 0) is 4.74 Å². The smallest absolute Gasteiger partial charge is 0.322 e. The normalized spacial score (nSPS) is 20.6. The van der Waals surface area contributed by atoms with Crippen LogP contribution < -0.4 is 10.6 Å². The van der Waals surface area contributed by atoms with E-state index in [0.717, 1.165) is 63.5 Å². The Labute approximate surface area is 167 Å². The summed E-state index contributed by atoms with van der Waals surface area (Å²) in [4.78, 5) is 29.4. The molecule has 2 N–H and O–H groups in total. The largest absolute Gasteiger partial charge is 0.379 e. The van der Waals surface area contributed by atoms with Crippen LogP contribution in [0.2, 0.25) is 0 Å². The second-order valence-electron chi connectivity index (χ2n) is 7.58. The maximum Gasteiger partial charge on any atom is 0.322 e. The number of anilines is 1. The molecule has 1 aromatic carbocycles. The van der Waals surface area contributed by atoms with E-state index < -0.39 is 0 Å². The van der Waals surface area contributed by atoms with Gasteiger partial charge < -0.3 is 20.3 Å². The second kappa shape index (κ2) is 9.89. The van der Waals surface area contributed by atoms with Crippen molar-refractivity contribution in [2.75, 3.05) is 51.3 Å². The van der Waals surface area contributed by atoms with Gasteiger partial charge in [0.15, 0.2) is 0 Å². The van der Waals surface area contributed by atoms with Gasteiger partial charge in [0.1, 0.15) is 0 Å². The van der Waals surface area contributed by atoms with Gasteiger partial charge in [0, 0.05) is 50.0 Å². The zero-order valence-corrected chi connectivity index (χ0v) is 17.0. The Morgan fingerprint density at radius 3 is 2.68 bits per heavy atom. The molecule has 3 rings (SSSR count). The van der Waals surface area contributed by atoms with Gasteiger partial charge in [-0.15, -0.1) is 0 Å². The Morgan fingerprint density at radius 2 is 1.96 bits per heavy atom. The summed E-state index contributed by atoms with van der Waals surface area (Å²) in [5, 5.41) is 5.85. The van der Waals surface area contributed by atoms with E-state index in [0.29, 0.717) is 12.1 Å². The number of piperidine rings is 1. The Bertz CT molecular complexity index is 688. The lowest BCUT2D eigenvalue weighted by atomic mass is 10.0. The third kappa shape index (κ3) is 5.23. The van der Waals surface area contributed by atoms with Crippen molar-refractivity contribution in [3.8, 4) is 0 Å². The SMILES string of the molecule is CCNC(=O)c1ccc(NC(=O)N2CCCCC2CN2CCOCC2)c(C)c1. The van der Waals surface area contributed by atoms with Gasteiger partial charge in [0.05, 0.1) is 13.2 Å². The molecule has 2 saturated heterocycles. The van der Waals surface area contributed by atoms with Gasteiger partial charge in [-0.25, -0.2) is 4.79 Å². The topological polar surface area (TPSA) is 73.9 Å². The van der Waals surface area contributed by atoms with Crippen molar-refractivity contribution in [1.29, 1.82) is 0 Å². The number of aryl methyl sites for hydroxylation is 1. The lowest BCUT2D eigenvalue weighted by molar-refractivity contribution is 0.0229. The number of benzene rings is 1. The fourth-order valence-electron chi connectivity index (χ4n) is 3.93. The second-order valence-corrected chi connectivity index (χ2v) is 7.58. The van der Waals surface area contributed by atoms with Crippen LogP contribution in [0.1, 0.15) is 42.1 Å². The van der Waals surface area contributed by atoms with Crippen molar-refractivity contribution in [2.45, 2.75) is 39.2 Å². The molecule has 2 aliphatic rings. The van der Waals surface area contributed by atoms with Crippen molar-refractivity contribution < 1.29 is 14.3 Å². The Balaban J connectivity index is 1.64. The number of likely N-dealkylation sites (tertiary alicyclic amines) is 1. The van der Waals surface area contributed by atoms with Crippen LogP contribution in [0.15, 0.2) is 18.2 Å². The summed E-state index contributed by atoms with van der Waals surface area (Å²) in [6, 6.07) is 5.59. The molecule has 28 heavy (non-hydrogen) atoms. The maximum absolute atomic E-state index is 13.0. The van der Waals surface area contributed by atoms with E-state index in [9.17, 15) is 9.59 Å². The molecule has 154 valence electrons. The number of urea groups is 1. The van der Waals surface area contributed by atoms with Gasteiger partial charge in [-0.1, -0.05) is 0 Å². The summed E-state index contributed by atoms with van der Waals surface area (Å²) in [6.07, 6.45) is 3.25. The average Bonchev–Trinajstić information content (AvgIpc) is 2.71. The zero-order chi connectivity index (χ0) is 19.9. The number of rotatable bonds is 5. The molecule has 0 bridgehead atoms. The summed E-state index contributed by atoms with van der Waals surface area (Å²) in [5.41, 5.74) is 2.26. The number of hydrogen-bond acceptors (Lipinski definition) is 4. The molecule has 1 aromatic rings. The molecule has 0 aromatic heterocycles. The van der Waals surface area contributed by atoms with Gasteiger partial charge in [-0.3, -0.25) is 9.69 Å². The van der Waals surface area contributed by atoms with Gasteiger partial charge in [-0.2, -0.15) is 0 Å². The molecule has 1 unspecified atom stereocenters. The number of carbonyl (C=O) groups excluding carboxylic acids is 2. The summed E-state index contributed by atoms with van der Waals surface area (Å²) in [7, 11) is 0. The minimum atomic E-state index is -0.0925. The third-order valence-corrected chi connectivity index (χ3v) is 5.53. The highest BCUT2D eigenvalue weighted by atomic mass is 16.5. The molecule has 0 radical (unpaired) electrons. The first-order valence-corrected chi connectivity index (χ1v) is 10.3. The van der Waals surface area contributed by atoms with E-state index in [1.54, 1.807) is 6.07 Å². The first kappa shape index (κ1) is 20.6. The molecule has 0 aliphatic carbocycles. The number of nitrogens with zero attached hydrogens (tertiary/aromatic N) is 2. The first-order valence-electron chi connectivity index (χ1n) is 10.3. The van der Waals surface area contributed by atoms with Crippen molar-refractivity contribution in [3.05, 3.63) is 29.3 Å². The van der Waals surface area contributed by atoms with E-state index in [2.05, 4.69) is 15.5 Å². The molecule has 2 heterocycles. The van der Waals surface area contributed by atoms with E-state index in [4.69, 9.17) is 4.74 Å². The lowest BCUT2D eigenvalue weighted by Crippen LogP contribution is -2.52. The number of nitrogens with one attached hydrogen (secondary N) is 2. The molecule has 3 amide bonds. The fourth-order valence-corrected chi connectivity index (χ4v) is 3.93. The molecule has 0 spiro atoms. The summed E-state index contributed by atoms with van der Waals surface area (Å²) in [6.45, 7) is 9.52. The summed E-state index contributed by atoms with van der Waals surface area (Å²) < 4.78 is 5.43. The first-order chi connectivity index (χ1) is 13.6. The third-order valence-electron chi connectivity index (χ3n) is 5.53. The van der Waals surface area contributed by atoms with Gasteiger partial charge >= 0.3 is 6.03 Å². The Hall–Kier alpha value is -2.12. The predicted molar refractivity (Wildman–Crippen MR) is 110 cm³/mol. The molecule has 2 aliphatic heterocycles. The Morgan fingerprint density at radius 1 is 1.18 bits per heavy atom. The fraction of sp³-hybridized carbons (Fsp3) is 0.619. The number of ether oxygens (including phenoxy) is 1. The molecule has 7 nitrogen and oxygen atoms in total. The van der Waals surface area contributed by atoms with Crippen molar-refractivity contribution in [2.24, 2.45) is 0 Å². The van der Waals surface area contributed by atoms with Crippen LogP contribution in [-0.4, -0.2) is 73.7 Å². The summed E-state index contributed by atoms with van der Waals surface area (Å²) in [5.74, 6) is -0.0925. The molecule has 7 heteroatoms. The number of carbonyl (C=O) groups is 2. The van der Waals surface area contributed by atoms with Crippen LogP contribution in [0.4, 0.5) is 10.5 Å². The van der Waals surface area contributed by atoms with Crippen molar-refractivity contribution >= 4 is 17.6 Å². The number of hydrogen-bond donors (Lipinski definition) is 2. The molecule has 0 saturated carbocycles. The van der Waals surface area contributed by atoms with Crippen molar-refractivity contribution in [3.63, 3.8) is 0 Å². The van der Waals surface area contributed by atoms with E-state index in [1.807, 2.05) is 30.9 Å². The highest BCUT2D eigenvalue weighted by molar-refractivity contribution is 5.96. The number of amides is 3. The van der Waals surface area contributed by atoms with E-state index in [-0.39, 0.29) is 18.0 Å². The minimum Gasteiger partial charge on any atom is -0.379 e. The minimum absolute atomic E-state index is 0.0492. The van der Waals surface area contributed by atoms with Crippen LogP contribution in [0.3, 0.4) is 0 Å². The van der Waals surface area contributed by atoms with Crippen LogP contribution in [0.25, 0.3) is 0 Å². The Kier molecular flexibility index (Phi) is 7.28. The van der Waals surface area contributed by atoms with Gasteiger partial charge in [0.2, 0.25) is 0 Å². The van der Waals surface area contributed by atoms with E-state index >= 15 is 0 Å². The zero-order valence-electron chi connectivity index (χ0n) is 17.0. The maximum atomic E-state index is 13.0. The predicted octanol–water partition coefficient (Wildman–Crippen LogP) is 2.46. The van der Waals surface area contributed by atoms with Gasteiger partial charge in [-0.05, 0) is 56.9 Å². The van der Waals surface area contributed by atoms with E-state index in [1.165, 1.54) is 6.42 Å². The monoisotopic (exact) mass is 388 g/mol.